The first-order valence-corrected chi connectivity index (χ1v) is 5.14. The van der Waals surface area contributed by atoms with Gasteiger partial charge in [-0.15, -0.1) is 0 Å². The van der Waals surface area contributed by atoms with Crippen molar-refractivity contribution in [3.63, 3.8) is 0 Å². The van der Waals surface area contributed by atoms with Gasteiger partial charge in [0, 0.05) is 17.8 Å². The lowest BCUT2D eigenvalue weighted by Gasteiger charge is -2.10. The van der Waals surface area contributed by atoms with Crippen LogP contribution >= 0.6 is 0 Å². The van der Waals surface area contributed by atoms with Crippen LogP contribution < -0.4 is 4.72 Å². The highest BCUT2D eigenvalue weighted by molar-refractivity contribution is 7.77. The van der Waals surface area contributed by atoms with Crippen molar-refractivity contribution in [2.24, 2.45) is 5.92 Å². The van der Waals surface area contributed by atoms with Crippen molar-refractivity contribution < 1.29 is 18.3 Å². The number of hydrogen-bond donors (Lipinski definition) is 1. The first-order valence-electron chi connectivity index (χ1n) is 4.07. The number of hydrogen-bond acceptors (Lipinski definition) is 4. The largest absolute Gasteiger partial charge is 0.760 e. The molecule has 0 aliphatic carbocycles. The molecular formula is C7H14NO4S-. The fourth-order valence-corrected chi connectivity index (χ4v) is 0.836. The maximum Gasteiger partial charge on any atom is 0.308 e. The summed E-state index contributed by atoms with van der Waals surface area (Å²) in [4.78, 5) is 11.0. The Morgan fingerprint density at radius 3 is 2.77 bits per heavy atom. The third-order valence-corrected chi connectivity index (χ3v) is 2.02. The van der Waals surface area contributed by atoms with Gasteiger partial charge in [0.05, 0.1) is 5.92 Å². The predicted molar refractivity (Wildman–Crippen MR) is 47.3 cm³/mol. The fraction of sp³-hybridized carbons (Fsp3) is 0.857. The molecule has 78 valence electrons. The van der Waals surface area contributed by atoms with Gasteiger partial charge in [0.15, 0.2) is 0 Å². The second kappa shape index (κ2) is 6.99. The van der Waals surface area contributed by atoms with Gasteiger partial charge in [0.1, 0.15) is 6.61 Å². The molecule has 0 aromatic heterocycles. The second-order valence-corrected chi connectivity index (χ2v) is 3.36. The van der Waals surface area contributed by atoms with Gasteiger partial charge in [-0.05, 0) is 6.42 Å². The van der Waals surface area contributed by atoms with E-state index >= 15 is 0 Å². The molecule has 0 aliphatic heterocycles. The van der Waals surface area contributed by atoms with E-state index in [-0.39, 0.29) is 25.0 Å². The van der Waals surface area contributed by atoms with Gasteiger partial charge < -0.3 is 9.29 Å². The molecule has 0 aliphatic rings. The van der Waals surface area contributed by atoms with Crippen molar-refractivity contribution in [1.29, 1.82) is 0 Å². The second-order valence-electron chi connectivity index (χ2n) is 2.61. The van der Waals surface area contributed by atoms with Crippen LogP contribution in [0.25, 0.3) is 0 Å². The highest BCUT2D eigenvalue weighted by Gasteiger charge is 2.10. The number of carbonyl (C=O) groups is 1. The lowest BCUT2D eigenvalue weighted by Crippen LogP contribution is -2.24. The fourth-order valence-electron chi connectivity index (χ4n) is 0.586. The monoisotopic (exact) mass is 208 g/mol. The maximum absolute atomic E-state index is 11.0. The molecule has 0 fully saturated rings. The minimum Gasteiger partial charge on any atom is -0.760 e. The summed E-state index contributed by atoms with van der Waals surface area (Å²) < 4.78 is 26.8. The van der Waals surface area contributed by atoms with E-state index in [0.717, 1.165) is 6.42 Å². The van der Waals surface area contributed by atoms with E-state index in [1.54, 1.807) is 6.92 Å². The van der Waals surface area contributed by atoms with E-state index in [1.165, 1.54) is 0 Å². The van der Waals surface area contributed by atoms with Crippen LogP contribution in [-0.4, -0.2) is 27.9 Å². The summed E-state index contributed by atoms with van der Waals surface area (Å²) in [7, 11) is 0. The summed E-state index contributed by atoms with van der Waals surface area (Å²) in [5.41, 5.74) is 0. The molecule has 5 nitrogen and oxygen atoms in total. The molecular weight excluding hydrogens is 194 g/mol. The van der Waals surface area contributed by atoms with Crippen molar-refractivity contribution in [3.8, 4) is 0 Å². The number of carbonyl (C=O) groups excluding carboxylic acids is 1. The first kappa shape index (κ1) is 12.5. The summed E-state index contributed by atoms with van der Waals surface area (Å²) in [5, 5.41) is 0. The van der Waals surface area contributed by atoms with E-state index in [9.17, 15) is 13.6 Å². The molecule has 0 saturated carbocycles. The summed E-state index contributed by atoms with van der Waals surface area (Å²) in [6.45, 7) is 3.85. The molecule has 0 rings (SSSR count). The topological polar surface area (TPSA) is 78.5 Å². The van der Waals surface area contributed by atoms with Crippen LogP contribution in [0.4, 0.5) is 0 Å². The summed E-state index contributed by atoms with van der Waals surface area (Å²) >= 11 is -2.28. The number of nitrogens with one attached hydrogen (secondary N) is 1. The van der Waals surface area contributed by atoms with Gasteiger partial charge in [-0.3, -0.25) is 9.00 Å². The Balaban J connectivity index is 3.42. The van der Waals surface area contributed by atoms with Crippen LogP contribution in [-0.2, 0) is 20.8 Å². The standard InChI is InChI=1S/C7H15NO4S/c1-3-6(2)7(9)12-5-4-8-13(10)11/h6,8H,3-5H2,1-2H3,(H,10,11)/p-1. The summed E-state index contributed by atoms with van der Waals surface area (Å²) in [5.74, 6) is -0.418. The normalized spacial score (nSPS) is 15.0. The summed E-state index contributed by atoms with van der Waals surface area (Å²) in [6.07, 6.45) is 0.722. The maximum atomic E-state index is 11.0. The molecule has 0 spiro atoms. The van der Waals surface area contributed by atoms with Crippen molar-refractivity contribution in [3.05, 3.63) is 0 Å². The molecule has 0 saturated heterocycles. The minimum atomic E-state index is -2.28. The lowest BCUT2D eigenvalue weighted by atomic mass is 10.1. The van der Waals surface area contributed by atoms with E-state index in [4.69, 9.17) is 4.74 Å². The van der Waals surface area contributed by atoms with Gasteiger partial charge in [-0.25, -0.2) is 4.72 Å². The molecule has 2 atom stereocenters. The smallest absolute Gasteiger partial charge is 0.308 e. The van der Waals surface area contributed by atoms with Crippen LogP contribution in [0.2, 0.25) is 0 Å². The highest BCUT2D eigenvalue weighted by atomic mass is 32.2. The zero-order valence-corrected chi connectivity index (χ0v) is 8.56. The molecule has 0 heterocycles. The number of esters is 1. The Bertz CT molecular complexity index is 185. The van der Waals surface area contributed by atoms with Crippen LogP contribution in [0.3, 0.4) is 0 Å². The number of ether oxygens (including phenoxy) is 1. The first-order chi connectivity index (χ1) is 6.07. The van der Waals surface area contributed by atoms with Crippen LogP contribution in [0.1, 0.15) is 20.3 Å². The van der Waals surface area contributed by atoms with Gasteiger partial charge in [-0.2, -0.15) is 0 Å². The Labute approximate surface area is 80.3 Å². The van der Waals surface area contributed by atoms with Crippen LogP contribution in [0.15, 0.2) is 0 Å². The molecule has 0 radical (unpaired) electrons. The van der Waals surface area contributed by atoms with Crippen molar-refractivity contribution >= 4 is 17.2 Å². The van der Waals surface area contributed by atoms with Crippen molar-refractivity contribution in [2.45, 2.75) is 20.3 Å². The molecule has 0 aromatic rings. The van der Waals surface area contributed by atoms with E-state index < -0.39 is 11.3 Å². The predicted octanol–water partition coefficient (Wildman–Crippen LogP) is -0.0406. The molecule has 13 heavy (non-hydrogen) atoms. The minimum absolute atomic E-state index is 0.0805. The van der Waals surface area contributed by atoms with Crippen molar-refractivity contribution in [2.75, 3.05) is 13.2 Å². The molecule has 0 amide bonds. The van der Waals surface area contributed by atoms with Gasteiger partial charge in [0.25, 0.3) is 0 Å². The van der Waals surface area contributed by atoms with E-state index in [2.05, 4.69) is 4.72 Å². The third-order valence-electron chi connectivity index (χ3n) is 1.58. The van der Waals surface area contributed by atoms with Crippen LogP contribution in [0.5, 0.6) is 0 Å². The van der Waals surface area contributed by atoms with E-state index in [1.807, 2.05) is 6.92 Å². The zero-order chi connectivity index (χ0) is 10.3. The Morgan fingerprint density at radius 1 is 1.69 bits per heavy atom. The average Bonchev–Trinajstić information content (AvgIpc) is 2.10. The molecule has 2 unspecified atom stereocenters. The van der Waals surface area contributed by atoms with Crippen molar-refractivity contribution in [1.82, 2.24) is 4.72 Å². The molecule has 0 bridgehead atoms. The average molecular weight is 208 g/mol. The Kier molecular flexibility index (Phi) is 6.75. The van der Waals surface area contributed by atoms with Crippen LogP contribution in [0, 0.1) is 5.92 Å². The van der Waals surface area contributed by atoms with Gasteiger partial charge >= 0.3 is 5.97 Å². The highest BCUT2D eigenvalue weighted by Crippen LogP contribution is 2.02. The van der Waals surface area contributed by atoms with E-state index in [0.29, 0.717) is 0 Å². The SMILES string of the molecule is CCC(C)C(=O)OCCNS(=O)[O-]. The Morgan fingerprint density at radius 2 is 2.31 bits per heavy atom. The quantitative estimate of drug-likeness (QED) is 0.377. The summed E-state index contributed by atoms with van der Waals surface area (Å²) in [6, 6.07) is 0. The molecule has 0 aromatic carbocycles. The lowest BCUT2D eigenvalue weighted by molar-refractivity contribution is -0.147. The molecule has 1 N–H and O–H groups in total. The van der Waals surface area contributed by atoms with Gasteiger partial charge in [-0.1, -0.05) is 13.8 Å². The number of rotatable bonds is 6. The van der Waals surface area contributed by atoms with Gasteiger partial charge in [0.2, 0.25) is 0 Å². The molecule has 6 heteroatoms. The Hall–Kier alpha value is -0.460. The third kappa shape index (κ3) is 6.68. The zero-order valence-electron chi connectivity index (χ0n) is 7.74.